The van der Waals surface area contributed by atoms with Crippen LogP contribution in [-0.4, -0.2) is 20.7 Å². The second kappa shape index (κ2) is 6.67. The molecule has 2 amide bonds. The Morgan fingerprint density at radius 2 is 1.55 bits per heavy atom. The lowest BCUT2D eigenvalue weighted by Gasteiger charge is -2.09. The standard InChI is InChI=1S/C14H14ClN3O3S/c1-22(20,21)18-12-7-5-11(6-8-12)16-14(19)17-13-4-2-3-10(15)9-13/h2-9,18H,1H3,(H2,16,17,19). The van der Waals surface area contributed by atoms with E-state index in [-0.39, 0.29) is 0 Å². The van der Waals surface area contributed by atoms with E-state index in [4.69, 9.17) is 11.6 Å². The molecule has 6 nitrogen and oxygen atoms in total. The Bertz CT molecular complexity index is 776. The van der Waals surface area contributed by atoms with Gasteiger partial charge >= 0.3 is 6.03 Å². The van der Waals surface area contributed by atoms with Crippen LogP contribution in [0.4, 0.5) is 21.9 Å². The smallest absolute Gasteiger partial charge is 0.308 e. The maximum atomic E-state index is 11.8. The van der Waals surface area contributed by atoms with E-state index in [2.05, 4.69) is 15.4 Å². The molecule has 0 aliphatic rings. The Morgan fingerprint density at radius 3 is 2.14 bits per heavy atom. The van der Waals surface area contributed by atoms with Crippen molar-refractivity contribution in [2.75, 3.05) is 21.6 Å². The molecule has 0 fully saturated rings. The van der Waals surface area contributed by atoms with Gasteiger partial charge in [-0.1, -0.05) is 17.7 Å². The van der Waals surface area contributed by atoms with Crippen molar-refractivity contribution < 1.29 is 13.2 Å². The third kappa shape index (κ3) is 5.27. The molecule has 0 aromatic heterocycles. The van der Waals surface area contributed by atoms with Gasteiger partial charge in [0, 0.05) is 22.1 Å². The zero-order valence-corrected chi connectivity index (χ0v) is 13.2. The van der Waals surface area contributed by atoms with E-state index in [1.165, 1.54) is 0 Å². The van der Waals surface area contributed by atoms with Crippen LogP contribution in [0.25, 0.3) is 0 Å². The Balaban J connectivity index is 1.97. The Labute approximate surface area is 133 Å². The van der Waals surface area contributed by atoms with Crippen LogP contribution in [0.2, 0.25) is 5.02 Å². The molecule has 0 saturated carbocycles. The Morgan fingerprint density at radius 1 is 0.955 bits per heavy atom. The van der Waals surface area contributed by atoms with Crippen molar-refractivity contribution in [3.63, 3.8) is 0 Å². The molecule has 0 aliphatic carbocycles. The van der Waals surface area contributed by atoms with E-state index in [0.29, 0.717) is 22.1 Å². The topological polar surface area (TPSA) is 87.3 Å². The molecule has 0 aliphatic heterocycles. The van der Waals surface area contributed by atoms with Crippen molar-refractivity contribution in [1.82, 2.24) is 0 Å². The van der Waals surface area contributed by atoms with Gasteiger partial charge in [0.2, 0.25) is 10.0 Å². The number of nitrogens with one attached hydrogen (secondary N) is 3. The molecule has 2 rings (SSSR count). The molecule has 0 radical (unpaired) electrons. The molecule has 0 heterocycles. The number of benzene rings is 2. The second-order valence-electron chi connectivity index (χ2n) is 4.54. The van der Waals surface area contributed by atoms with Crippen LogP contribution >= 0.6 is 11.6 Å². The average Bonchev–Trinajstić information content (AvgIpc) is 2.39. The van der Waals surface area contributed by atoms with E-state index >= 15 is 0 Å². The summed E-state index contributed by atoms with van der Waals surface area (Å²) in [6.07, 6.45) is 1.07. The summed E-state index contributed by atoms with van der Waals surface area (Å²) < 4.78 is 24.5. The number of hydrogen-bond donors (Lipinski definition) is 3. The van der Waals surface area contributed by atoms with Gasteiger partial charge < -0.3 is 10.6 Å². The van der Waals surface area contributed by atoms with Crippen LogP contribution in [0.15, 0.2) is 48.5 Å². The molecule has 116 valence electrons. The number of carbonyl (C=O) groups excluding carboxylic acids is 1. The van der Waals surface area contributed by atoms with Gasteiger partial charge in [0.1, 0.15) is 0 Å². The zero-order valence-electron chi connectivity index (χ0n) is 11.6. The highest BCUT2D eigenvalue weighted by Crippen LogP contribution is 2.17. The quantitative estimate of drug-likeness (QED) is 0.798. The Kier molecular flexibility index (Phi) is 4.89. The van der Waals surface area contributed by atoms with E-state index in [1.54, 1.807) is 48.5 Å². The SMILES string of the molecule is CS(=O)(=O)Nc1ccc(NC(=O)Nc2cccc(Cl)c2)cc1. The largest absolute Gasteiger partial charge is 0.323 e. The second-order valence-corrected chi connectivity index (χ2v) is 6.73. The van der Waals surface area contributed by atoms with E-state index in [9.17, 15) is 13.2 Å². The van der Waals surface area contributed by atoms with Crippen LogP contribution < -0.4 is 15.4 Å². The molecule has 3 N–H and O–H groups in total. The van der Waals surface area contributed by atoms with Gasteiger partial charge in [-0.3, -0.25) is 4.72 Å². The minimum atomic E-state index is -3.32. The van der Waals surface area contributed by atoms with Crippen molar-refractivity contribution in [1.29, 1.82) is 0 Å². The summed E-state index contributed by atoms with van der Waals surface area (Å²) in [4.78, 5) is 11.8. The van der Waals surface area contributed by atoms with Crippen LogP contribution in [0.3, 0.4) is 0 Å². The highest BCUT2D eigenvalue weighted by atomic mass is 35.5. The monoisotopic (exact) mass is 339 g/mol. The summed E-state index contributed by atoms with van der Waals surface area (Å²) in [5, 5.41) is 5.79. The van der Waals surface area contributed by atoms with Gasteiger partial charge in [0.25, 0.3) is 0 Å². The lowest BCUT2D eigenvalue weighted by atomic mass is 10.3. The van der Waals surface area contributed by atoms with Crippen molar-refractivity contribution in [2.24, 2.45) is 0 Å². The summed E-state index contributed by atoms with van der Waals surface area (Å²) >= 11 is 5.83. The number of urea groups is 1. The van der Waals surface area contributed by atoms with Crippen molar-refractivity contribution in [3.8, 4) is 0 Å². The van der Waals surface area contributed by atoms with E-state index < -0.39 is 16.1 Å². The molecular weight excluding hydrogens is 326 g/mol. The summed E-state index contributed by atoms with van der Waals surface area (Å²) in [5.74, 6) is 0. The van der Waals surface area contributed by atoms with E-state index in [1.807, 2.05) is 0 Å². The van der Waals surface area contributed by atoms with Crippen molar-refractivity contribution in [3.05, 3.63) is 53.6 Å². The third-order valence-corrected chi connectivity index (χ3v) is 3.37. The molecule has 2 aromatic carbocycles. The average molecular weight is 340 g/mol. The zero-order chi connectivity index (χ0) is 16.2. The van der Waals surface area contributed by atoms with Crippen LogP contribution in [-0.2, 0) is 10.0 Å². The first-order valence-electron chi connectivity index (χ1n) is 6.23. The number of hydrogen-bond acceptors (Lipinski definition) is 3. The molecule has 0 atom stereocenters. The van der Waals surface area contributed by atoms with Crippen LogP contribution in [0, 0.1) is 0 Å². The number of carbonyl (C=O) groups is 1. The number of anilines is 3. The Hall–Kier alpha value is -2.25. The van der Waals surface area contributed by atoms with Gasteiger partial charge in [-0.05, 0) is 42.5 Å². The van der Waals surface area contributed by atoms with Crippen LogP contribution in [0.5, 0.6) is 0 Å². The lowest BCUT2D eigenvalue weighted by molar-refractivity contribution is 0.262. The fraction of sp³-hybridized carbons (Fsp3) is 0.0714. The molecule has 22 heavy (non-hydrogen) atoms. The van der Waals surface area contributed by atoms with E-state index in [0.717, 1.165) is 6.26 Å². The minimum absolute atomic E-state index is 0.420. The predicted octanol–water partition coefficient (Wildman–Crippen LogP) is 3.36. The fourth-order valence-corrected chi connectivity index (χ4v) is 2.45. The first-order chi connectivity index (χ1) is 10.3. The van der Waals surface area contributed by atoms with Crippen molar-refractivity contribution >= 4 is 44.7 Å². The lowest BCUT2D eigenvalue weighted by Crippen LogP contribution is -2.19. The summed E-state index contributed by atoms with van der Waals surface area (Å²) in [5.41, 5.74) is 1.52. The van der Waals surface area contributed by atoms with Gasteiger partial charge in [-0.2, -0.15) is 0 Å². The summed E-state index contributed by atoms with van der Waals surface area (Å²) in [6.45, 7) is 0. The molecule has 2 aromatic rings. The molecule has 8 heteroatoms. The van der Waals surface area contributed by atoms with Crippen LogP contribution in [0.1, 0.15) is 0 Å². The minimum Gasteiger partial charge on any atom is -0.308 e. The normalized spacial score (nSPS) is 10.8. The summed E-state index contributed by atoms with van der Waals surface area (Å²) in [7, 11) is -3.32. The first-order valence-corrected chi connectivity index (χ1v) is 8.50. The van der Waals surface area contributed by atoms with Gasteiger partial charge in [0.05, 0.1) is 6.26 Å². The molecule has 0 bridgehead atoms. The number of halogens is 1. The molecule has 0 unspecified atom stereocenters. The van der Waals surface area contributed by atoms with Gasteiger partial charge in [-0.15, -0.1) is 0 Å². The summed E-state index contributed by atoms with van der Waals surface area (Å²) in [6, 6.07) is 12.6. The number of rotatable bonds is 4. The first kappa shape index (κ1) is 16.1. The highest BCUT2D eigenvalue weighted by molar-refractivity contribution is 7.92. The maximum absolute atomic E-state index is 11.8. The van der Waals surface area contributed by atoms with Crippen molar-refractivity contribution in [2.45, 2.75) is 0 Å². The van der Waals surface area contributed by atoms with Gasteiger partial charge in [-0.25, -0.2) is 13.2 Å². The fourth-order valence-electron chi connectivity index (χ4n) is 1.70. The third-order valence-electron chi connectivity index (χ3n) is 2.53. The highest BCUT2D eigenvalue weighted by Gasteiger charge is 2.05. The number of sulfonamides is 1. The molecule has 0 spiro atoms. The maximum Gasteiger partial charge on any atom is 0.323 e. The molecular formula is C14H14ClN3O3S. The molecule has 0 saturated heterocycles. The number of amides is 2. The van der Waals surface area contributed by atoms with Gasteiger partial charge in [0.15, 0.2) is 0 Å². The predicted molar refractivity (Wildman–Crippen MR) is 89.0 cm³/mol.